The summed E-state index contributed by atoms with van der Waals surface area (Å²) in [7, 11) is 0. The molecule has 0 saturated carbocycles. The van der Waals surface area contributed by atoms with E-state index in [2.05, 4.69) is 25.2 Å². The van der Waals surface area contributed by atoms with Crippen molar-refractivity contribution in [2.75, 3.05) is 0 Å². The maximum atomic E-state index is 10.5. The smallest absolute Gasteiger partial charge is 0.320 e. The molecule has 0 radical (unpaired) electrons. The van der Waals surface area contributed by atoms with Crippen LogP contribution in [0.3, 0.4) is 0 Å². The van der Waals surface area contributed by atoms with Gasteiger partial charge in [0, 0.05) is 16.3 Å². The summed E-state index contributed by atoms with van der Waals surface area (Å²) in [5, 5.41) is 11.6. The van der Waals surface area contributed by atoms with Gasteiger partial charge in [0.05, 0.1) is 0 Å². The number of carboxylic acid groups (broad SMARTS) is 1. The first-order valence-electron chi connectivity index (χ1n) is 4.53. The van der Waals surface area contributed by atoms with Crippen molar-refractivity contribution in [1.82, 2.24) is 5.32 Å². The van der Waals surface area contributed by atoms with Gasteiger partial charge in [-0.2, -0.15) is 0 Å². The molecule has 1 aromatic rings. The highest BCUT2D eigenvalue weighted by molar-refractivity contribution is 7.12. The minimum atomic E-state index is -0.810. The molecule has 1 atom stereocenters. The van der Waals surface area contributed by atoms with E-state index in [4.69, 9.17) is 5.11 Å². The van der Waals surface area contributed by atoms with Crippen LogP contribution in [0, 0.1) is 13.8 Å². The van der Waals surface area contributed by atoms with Crippen molar-refractivity contribution < 1.29 is 9.90 Å². The van der Waals surface area contributed by atoms with Crippen LogP contribution in [0.1, 0.15) is 22.2 Å². The van der Waals surface area contributed by atoms with Crippen molar-refractivity contribution in [2.24, 2.45) is 0 Å². The zero-order valence-corrected chi connectivity index (χ0v) is 9.44. The number of hydrogen-bond acceptors (Lipinski definition) is 3. The molecular formula is C10H15NO2S. The minimum absolute atomic E-state index is 0.488. The second kappa shape index (κ2) is 4.57. The first-order valence-corrected chi connectivity index (χ1v) is 5.34. The fourth-order valence-corrected chi connectivity index (χ4v) is 2.08. The molecule has 0 aliphatic rings. The fraction of sp³-hybridized carbons (Fsp3) is 0.500. The SMILES string of the molecule is Cc1cc(CNC(C)C(=O)O)sc1C. The summed E-state index contributed by atoms with van der Waals surface area (Å²) >= 11 is 1.71. The monoisotopic (exact) mass is 213 g/mol. The van der Waals surface area contributed by atoms with E-state index in [1.54, 1.807) is 18.3 Å². The molecule has 3 nitrogen and oxygen atoms in total. The largest absolute Gasteiger partial charge is 0.480 e. The lowest BCUT2D eigenvalue weighted by Gasteiger charge is -2.06. The molecule has 0 spiro atoms. The molecule has 4 heteroatoms. The van der Waals surface area contributed by atoms with Gasteiger partial charge in [-0.1, -0.05) is 0 Å². The predicted octanol–water partition coefficient (Wildman–Crippen LogP) is 1.93. The minimum Gasteiger partial charge on any atom is -0.480 e. The highest BCUT2D eigenvalue weighted by Gasteiger charge is 2.10. The van der Waals surface area contributed by atoms with Crippen LogP contribution < -0.4 is 5.32 Å². The van der Waals surface area contributed by atoms with Crippen LogP contribution in [0.15, 0.2) is 6.07 Å². The Morgan fingerprint density at radius 1 is 1.64 bits per heavy atom. The number of rotatable bonds is 4. The molecule has 1 rings (SSSR count). The van der Waals surface area contributed by atoms with Gasteiger partial charge in [-0.15, -0.1) is 11.3 Å². The second-order valence-electron chi connectivity index (χ2n) is 3.39. The average Bonchev–Trinajstić information content (AvgIpc) is 2.42. The summed E-state index contributed by atoms with van der Waals surface area (Å²) in [6.07, 6.45) is 0. The van der Waals surface area contributed by atoms with E-state index in [0.29, 0.717) is 6.54 Å². The Morgan fingerprint density at radius 2 is 2.29 bits per heavy atom. The van der Waals surface area contributed by atoms with Crippen LogP contribution in [-0.2, 0) is 11.3 Å². The van der Waals surface area contributed by atoms with E-state index in [1.807, 2.05) is 0 Å². The standard InChI is InChI=1S/C10H15NO2S/c1-6-4-9(14-8(6)3)5-11-7(2)10(12)13/h4,7,11H,5H2,1-3H3,(H,12,13). The summed E-state index contributed by atoms with van der Waals surface area (Å²) in [5.74, 6) is -0.810. The molecule has 1 unspecified atom stereocenters. The van der Waals surface area contributed by atoms with E-state index < -0.39 is 12.0 Å². The Hall–Kier alpha value is -0.870. The number of nitrogens with one attached hydrogen (secondary N) is 1. The quantitative estimate of drug-likeness (QED) is 0.803. The molecule has 0 bridgehead atoms. The number of thiophene rings is 1. The average molecular weight is 213 g/mol. The van der Waals surface area contributed by atoms with Crippen molar-refractivity contribution >= 4 is 17.3 Å². The number of carbonyl (C=O) groups is 1. The summed E-state index contributed by atoms with van der Waals surface area (Å²) in [6, 6.07) is 1.61. The van der Waals surface area contributed by atoms with Gasteiger partial charge in [0.15, 0.2) is 0 Å². The Morgan fingerprint density at radius 3 is 2.71 bits per heavy atom. The van der Waals surface area contributed by atoms with Gasteiger partial charge < -0.3 is 5.11 Å². The molecule has 0 aliphatic heterocycles. The maximum Gasteiger partial charge on any atom is 0.320 e. The van der Waals surface area contributed by atoms with E-state index in [9.17, 15) is 4.79 Å². The van der Waals surface area contributed by atoms with E-state index in [-0.39, 0.29) is 0 Å². The van der Waals surface area contributed by atoms with Crippen LogP contribution in [0.5, 0.6) is 0 Å². The molecule has 0 fully saturated rings. The molecule has 0 amide bonds. The normalized spacial score (nSPS) is 12.8. The van der Waals surface area contributed by atoms with Gasteiger partial charge in [0.25, 0.3) is 0 Å². The highest BCUT2D eigenvalue weighted by atomic mass is 32.1. The molecule has 78 valence electrons. The summed E-state index contributed by atoms with van der Waals surface area (Å²) in [6.45, 7) is 6.42. The Bertz CT molecular complexity index is 313. The fourth-order valence-electron chi connectivity index (χ4n) is 1.08. The van der Waals surface area contributed by atoms with Crippen molar-refractivity contribution in [3.63, 3.8) is 0 Å². The third kappa shape index (κ3) is 2.82. The summed E-state index contributed by atoms with van der Waals surface area (Å²) in [4.78, 5) is 13.0. The molecular weight excluding hydrogens is 198 g/mol. The second-order valence-corrected chi connectivity index (χ2v) is 4.73. The lowest BCUT2D eigenvalue weighted by molar-refractivity contribution is -0.139. The zero-order valence-electron chi connectivity index (χ0n) is 8.63. The van der Waals surface area contributed by atoms with Gasteiger partial charge in [-0.3, -0.25) is 10.1 Å². The maximum absolute atomic E-state index is 10.5. The Balaban J connectivity index is 2.50. The van der Waals surface area contributed by atoms with E-state index >= 15 is 0 Å². The predicted molar refractivity (Wildman–Crippen MR) is 57.7 cm³/mol. The van der Waals surface area contributed by atoms with Crippen molar-refractivity contribution in [3.8, 4) is 0 Å². The van der Waals surface area contributed by atoms with Gasteiger partial charge in [-0.25, -0.2) is 0 Å². The zero-order chi connectivity index (χ0) is 10.7. The molecule has 2 N–H and O–H groups in total. The molecule has 0 saturated heterocycles. The van der Waals surface area contributed by atoms with E-state index in [0.717, 1.165) is 0 Å². The van der Waals surface area contributed by atoms with Crippen LogP contribution in [-0.4, -0.2) is 17.1 Å². The van der Waals surface area contributed by atoms with Gasteiger partial charge >= 0.3 is 5.97 Å². The molecule has 1 aromatic heterocycles. The lowest BCUT2D eigenvalue weighted by Crippen LogP contribution is -2.32. The van der Waals surface area contributed by atoms with Gasteiger partial charge in [-0.05, 0) is 32.4 Å². The third-order valence-corrected chi connectivity index (χ3v) is 3.32. The topological polar surface area (TPSA) is 49.3 Å². The van der Waals surface area contributed by atoms with Gasteiger partial charge in [0.1, 0.15) is 6.04 Å². The number of carboxylic acids is 1. The van der Waals surface area contributed by atoms with Crippen LogP contribution >= 0.6 is 11.3 Å². The summed E-state index contributed by atoms with van der Waals surface area (Å²) in [5.41, 5.74) is 1.27. The van der Waals surface area contributed by atoms with Gasteiger partial charge in [0.2, 0.25) is 0 Å². The number of aryl methyl sites for hydroxylation is 2. The van der Waals surface area contributed by atoms with Crippen molar-refractivity contribution in [1.29, 1.82) is 0 Å². The molecule has 0 aromatic carbocycles. The van der Waals surface area contributed by atoms with Crippen molar-refractivity contribution in [3.05, 3.63) is 21.4 Å². The Labute approximate surface area is 87.8 Å². The van der Waals surface area contributed by atoms with Crippen LogP contribution in [0.4, 0.5) is 0 Å². The van der Waals surface area contributed by atoms with E-state index in [1.165, 1.54) is 15.3 Å². The lowest BCUT2D eigenvalue weighted by atomic mass is 10.3. The molecule has 14 heavy (non-hydrogen) atoms. The highest BCUT2D eigenvalue weighted by Crippen LogP contribution is 2.20. The first kappa shape index (κ1) is 11.2. The molecule has 0 aliphatic carbocycles. The van der Waals surface area contributed by atoms with Crippen LogP contribution in [0.2, 0.25) is 0 Å². The number of aliphatic carboxylic acids is 1. The Kier molecular flexibility index (Phi) is 3.66. The van der Waals surface area contributed by atoms with Crippen molar-refractivity contribution in [2.45, 2.75) is 33.4 Å². The first-order chi connectivity index (χ1) is 6.50. The summed E-state index contributed by atoms with van der Waals surface area (Å²) < 4.78 is 0. The van der Waals surface area contributed by atoms with Crippen LogP contribution in [0.25, 0.3) is 0 Å². The third-order valence-electron chi connectivity index (χ3n) is 2.17. The molecule has 1 heterocycles. The number of hydrogen-bond donors (Lipinski definition) is 2.